The van der Waals surface area contributed by atoms with E-state index in [1.807, 2.05) is 39.0 Å². The number of anilines is 3. The molecular weight excluding hydrogens is 631 g/mol. The van der Waals surface area contributed by atoms with E-state index in [4.69, 9.17) is 11.6 Å². The number of nitrogens with zero attached hydrogens (tertiary/aromatic N) is 5. The summed E-state index contributed by atoms with van der Waals surface area (Å²) < 4.78 is 42.4. The van der Waals surface area contributed by atoms with Crippen LogP contribution in [0.25, 0.3) is 5.69 Å². The molecule has 45 heavy (non-hydrogen) atoms. The maximum absolute atomic E-state index is 12.9. The van der Waals surface area contributed by atoms with Gasteiger partial charge in [0, 0.05) is 17.3 Å². The minimum absolute atomic E-state index is 0.147. The lowest BCUT2D eigenvalue weighted by Crippen LogP contribution is -2.31. The topological polar surface area (TPSA) is 114 Å². The van der Waals surface area contributed by atoms with Crippen molar-refractivity contribution in [1.82, 2.24) is 14.8 Å². The number of aromatic nitrogens is 3. The average molecular weight is 658 g/mol. The Bertz CT molecular complexity index is 1760. The highest BCUT2D eigenvalue weighted by atomic mass is 35.5. The number of rotatable bonds is 8. The number of amidine groups is 1. The monoisotopic (exact) mass is 657 g/mol. The van der Waals surface area contributed by atoms with Gasteiger partial charge in [0.25, 0.3) is 0 Å². The van der Waals surface area contributed by atoms with Gasteiger partial charge in [-0.1, -0.05) is 55.4 Å². The number of ether oxygens (including phenoxy) is 1. The van der Waals surface area contributed by atoms with E-state index in [0.29, 0.717) is 27.1 Å². The normalized spacial score (nSPS) is 14.4. The number of benzene rings is 3. The number of nitrogens with one attached hydrogen (secondary N) is 2. The van der Waals surface area contributed by atoms with E-state index in [0.717, 1.165) is 16.8 Å². The largest absolute Gasteiger partial charge is 0.573 e. The summed E-state index contributed by atoms with van der Waals surface area (Å²) in [5.74, 6) is 0.118. The van der Waals surface area contributed by atoms with Crippen LogP contribution in [0.4, 0.5) is 35.3 Å². The number of aliphatic imine (C=N–C) groups is 1. The Balaban J connectivity index is 1.21. The summed E-state index contributed by atoms with van der Waals surface area (Å²) in [5.41, 5.74) is 4.28. The zero-order valence-electron chi connectivity index (χ0n) is 24.2. The molecule has 2 N–H and O–H groups in total. The molecule has 2 heterocycles. The summed E-state index contributed by atoms with van der Waals surface area (Å²) in [4.78, 5) is 35.5. The number of aryl methyl sites for hydroxylation is 1. The summed E-state index contributed by atoms with van der Waals surface area (Å²) in [7, 11) is 0. The molecule has 0 bridgehead atoms. The Morgan fingerprint density at radius 1 is 1.13 bits per heavy atom. The first-order chi connectivity index (χ1) is 21.4. The van der Waals surface area contributed by atoms with Gasteiger partial charge >= 0.3 is 12.4 Å². The Morgan fingerprint density at radius 3 is 2.58 bits per heavy atom. The molecule has 15 heteroatoms. The molecule has 0 atom stereocenters. The van der Waals surface area contributed by atoms with Crippen LogP contribution in [0.3, 0.4) is 0 Å². The number of hydrogen-bond donors (Lipinski definition) is 2. The maximum atomic E-state index is 12.9. The van der Waals surface area contributed by atoms with Crippen LogP contribution < -0.4 is 20.3 Å². The van der Waals surface area contributed by atoms with E-state index < -0.39 is 12.4 Å². The SMILES string of the molecule is Cc1ccc(C(C)C)c(N2C(=O)CSC2=NC(=O)Nc2ccc(CNc3ncn(-c4ccc(OC(F)(F)F)cc4)n3)c(Cl)c2)c1. The minimum atomic E-state index is -4.77. The molecule has 1 fully saturated rings. The van der Waals surface area contributed by atoms with Crippen molar-refractivity contribution in [2.45, 2.75) is 39.6 Å². The first kappa shape index (κ1) is 31.9. The van der Waals surface area contributed by atoms with Crippen LogP contribution in [0.15, 0.2) is 72.0 Å². The number of urea groups is 1. The van der Waals surface area contributed by atoms with Crippen LogP contribution in [0, 0.1) is 6.92 Å². The highest BCUT2D eigenvalue weighted by Crippen LogP contribution is 2.34. The second-order valence-electron chi connectivity index (χ2n) is 10.3. The molecule has 0 unspecified atom stereocenters. The van der Waals surface area contributed by atoms with Crippen molar-refractivity contribution in [3.63, 3.8) is 0 Å². The zero-order chi connectivity index (χ0) is 32.3. The van der Waals surface area contributed by atoms with Gasteiger partial charge in [-0.15, -0.1) is 18.3 Å². The molecule has 0 aliphatic carbocycles. The molecule has 1 saturated heterocycles. The Labute approximate surface area is 265 Å². The standard InChI is InChI=1S/C30H27ClF3N7O3S/c1-17(2)23-11-4-18(3)12-25(23)41-26(42)15-45-29(41)38-28(43)37-20-6-5-19(24(31)13-20)14-35-27-36-16-40(39-27)21-7-9-22(10-8-21)44-30(32,33)34/h4-13,16-17H,14-15H2,1-3H3,(H,35,39)(H,37,43). The van der Waals surface area contributed by atoms with Gasteiger partial charge in [0.1, 0.15) is 12.1 Å². The minimum Gasteiger partial charge on any atom is -0.406 e. The van der Waals surface area contributed by atoms with Crippen LogP contribution in [0.1, 0.15) is 36.5 Å². The third-order valence-corrected chi connectivity index (χ3v) is 7.85. The van der Waals surface area contributed by atoms with E-state index in [9.17, 15) is 22.8 Å². The summed E-state index contributed by atoms with van der Waals surface area (Å²) in [6.45, 7) is 6.28. The molecule has 5 rings (SSSR count). The van der Waals surface area contributed by atoms with E-state index >= 15 is 0 Å². The van der Waals surface area contributed by atoms with Crippen molar-refractivity contribution >= 4 is 57.8 Å². The van der Waals surface area contributed by atoms with Gasteiger partial charge < -0.3 is 15.4 Å². The predicted molar refractivity (Wildman–Crippen MR) is 168 cm³/mol. The highest BCUT2D eigenvalue weighted by Gasteiger charge is 2.33. The van der Waals surface area contributed by atoms with Gasteiger partial charge in [-0.25, -0.2) is 14.5 Å². The van der Waals surface area contributed by atoms with E-state index in [-0.39, 0.29) is 35.8 Å². The number of alkyl halides is 3. The molecule has 10 nitrogen and oxygen atoms in total. The molecule has 0 spiro atoms. The molecular formula is C30H27ClF3N7O3S. The quantitative estimate of drug-likeness (QED) is 0.201. The molecule has 234 valence electrons. The number of hydrogen-bond acceptors (Lipinski definition) is 7. The van der Waals surface area contributed by atoms with Crippen molar-refractivity contribution in [1.29, 1.82) is 0 Å². The van der Waals surface area contributed by atoms with Gasteiger partial charge in [0.05, 0.1) is 17.1 Å². The Kier molecular flexibility index (Phi) is 9.34. The van der Waals surface area contributed by atoms with Gasteiger partial charge in [-0.2, -0.15) is 4.99 Å². The van der Waals surface area contributed by atoms with Gasteiger partial charge in [-0.05, 0) is 72.0 Å². The third kappa shape index (κ3) is 7.94. The summed E-state index contributed by atoms with van der Waals surface area (Å²) in [6.07, 6.45) is -3.37. The second kappa shape index (κ2) is 13.2. The molecule has 4 aromatic rings. The third-order valence-electron chi connectivity index (χ3n) is 6.58. The molecule has 1 aromatic heterocycles. The average Bonchev–Trinajstić information content (AvgIpc) is 3.58. The lowest BCUT2D eigenvalue weighted by Gasteiger charge is -2.22. The lowest BCUT2D eigenvalue weighted by molar-refractivity contribution is -0.274. The van der Waals surface area contributed by atoms with E-state index in [2.05, 4.69) is 30.4 Å². The Morgan fingerprint density at radius 2 is 1.89 bits per heavy atom. The van der Waals surface area contributed by atoms with Gasteiger partial charge in [0.2, 0.25) is 11.9 Å². The number of thioether (sulfide) groups is 1. The highest BCUT2D eigenvalue weighted by molar-refractivity contribution is 8.15. The van der Waals surface area contributed by atoms with E-state index in [1.54, 1.807) is 18.2 Å². The zero-order valence-corrected chi connectivity index (χ0v) is 25.8. The van der Waals surface area contributed by atoms with Crippen LogP contribution >= 0.6 is 23.4 Å². The van der Waals surface area contributed by atoms with Crippen LogP contribution in [-0.4, -0.2) is 44.0 Å². The van der Waals surface area contributed by atoms with Crippen molar-refractivity contribution in [2.75, 3.05) is 21.3 Å². The van der Waals surface area contributed by atoms with Crippen LogP contribution in [0.5, 0.6) is 5.75 Å². The van der Waals surface area contributed by atoms with Crippen molar-refractivity contribution in [3.05, 3.63) is 88.7 Å². The van der Waals surface area contributed by atoms with Crippen molar-refractivity contribution in [2.24, 2.45) is 4.99 Å². The fourth-order valence-corrected chi connectivity index (χ4v) is 5.57. The number of halogens is 4. The molecule has 3 amide bonds. The first-order valence-corrected chi connectivity index (χ1v) is 15.0. The summed E-state index contributed by atoms with van der Waals surface area (Å²) in [5, 5.41) is 10.7. The lowest BCUT2D eigenvalue weighted by atomic mass is 9.99. The maximum Gasteiger partial charge on any atom is 0.573 e. The van der Waals surface area contributed by atoms with Gasteiger partial charge in [0.15, 0.2) is 5.17 Å². The fourth-order valence-electron chi connectivity index (χ4n) is 4.47. The van der Waals surface area contributed by atoms with Crippen LogP contribution in [-0.2, 0) is 11.3 Å². The summed E-state index contributed by atoms with van der Waals surface area (Å²) in [6, 6.07) is 15.4. The van der Waals surface area contributed by atoms with Gasteiger partial charge in [-0.3, -0.25) is 9.69 Å². The van der Waals surface area contributed by atoms with Crippen LogP contribution in [0.2, 0.25) is 5.02 Å². The molecule has 0 radical (unpaired) electrons. The number of carbonyl (C=O) groups is 2. The molecule has 1 aliphatic rings. The predicted octanol–water partition coefficient (Wildman–Crippen LogP) is 7.53. The Hall–Kier alpha value is -4.56. The van der Waals surface area contributed by atoms with Crippen molar-refractivity contribution in [3.8, 4) is 11.4 Å². The van der Waals surface area contributed by atoms with Crippen molar-refractivity contribution < 1.29 is 27.5 Å². The number of amides is 3. The van der Waals surface area contributed by atoms with E-state index in [1.165, 1.54) is 51.9 Å². The molecule has 3 aromatic carbocycles. The smallest absolute Gasteiger partial charge is 0.406 e. The summed E-state index contributed by atoms with van der Waals surface area (Å²) >= 11 is 7.68. The fraction of sp³-hybridized carbons (Fsp3) is 0.233. The first-order valence-electron chi connectivity index (χ1n) is 13.6. The second-order valence-corrected chi connectivity index (χ2v) is 11.6. The molecule has 0 saturated carbocycles. The number of carbonyl (C=O) groups excluding carboxylic acids is 2. The molecule has 1 aliphatic heterocycles.